The van der Waals surface area contributed by atoms with Crippen molar-refractivity contribution in [1.29, 1.82) is 0 Å². The van der Waals surface area contributed by atoms with Crippen LogP contribution >= 0.6 is 0 Å². The number of nitrogens with one attached hydrogen (secondary N) is 1. The van der Waals surface area contributed by atoms with E-state index in [1.54, 1.807) is 0 Å². The Morgan fingerprint density at radius 3 is 2.59 bits per heavy atom. The predicted octanol–water partition coefficient (Wildman–Crippen LogP) is 1.97. The number of hydrogen-bond donors (Lipinski definition) is 2. The summed E-state index contributed by atoms with van der Waals surface area (Å²) in [6.07, 6.45) is -5.36. The van der Waals surface area contributed by atoms with E-state index in [4.69, 9.17) is 5.11 Å². The van der Waals surface area contributed by atoms with Gasteiger partial charge in [-0.25, -0.2) is 14.2 Å². The van der Waals surface area contributed by atoms with Gasteiger partial charge in [0.15, 0.2) is 0 Å². The van der Waals surface area contributed by atoms with Gasteiger partial charge in [0.2, 0.25) is 5.91 Å². The zero-order valence-corrected chi connectivity index (χ0v) is 14.7. The second-order valence-corrected chi connectivity index (χ2v) is 6.59. The minimum Gasteiger partial charge on any atom is -0.480 e. The number of aromatic nitrogens is 1. The Bertz CT molecular complexity index is 979. The highest BCUT2D eigenvalue weighted by atomic mass is 19.4. The number of rotatable bonds is 4. The first-order valence-corrected chi connectivity index (χ1v) is 8.50. The summed E-state index contributed by atoms with van der Waals surface area (Å²) in [4.78, 5) is 40.3. The first kappa shape index (κ1) is 20.5. The van der Waals surface area contributed by atoms with E-state index in [0.717, 1.165) is 6.07 Å². The van der Waals surface area contributed by atoms with Gasteiger partial charge in [-0.1, -0.05) is 6.07 Å². The normalized spacial score (nSPS) is 19.4. The Hall–Kier alpha value is -3.24. The van der Waals surface area contributed by atoms with Crippen molar-refractivity contribution in [2.24, 2.45) is 5.92 Å². The number of fused-ring (bicyclic) bond motifs is 1. The van der Waals surface area contributed by atoms with Gasteiger partial charge >= 0.3 is 12.1 Å². The van der Waals surface area contributed by atoms with Gasteiger partial charge in [0.25, 0.3) is 5.91 Å². The molecule has 2 heterocycles. The van der Waals surface area contributed by atoms with E-state index < -0.39 is 61.2 Å². The number of carbonyl (C=O) groups excluding carboxylic acids is 2. The molecule has 0 unspecified atom stereocenters. The molecule has 1 fully saturated rings. The van der Waals surface area contributed by atoms with E-state index >= 15 is 0 Å². The van der Waals surface area contributed by atoms with Crippen LogP contribution in [0, 0.1) is 11.7 Å². The summed E-state index contributed by atoms with van der Waals surface area (Å²) in [6, 6.07) is 4.90. The average Bonchev–Trinajstić information content (AvgIpc) is 3.11. The molecule has 1 saturated heterocycles. The highest BCUT2D eigenvalue weighted by molar-refractivity contribution is 5.97. The second-order valence-electron chi connectivity index (χ2n) is 6.59. The van der Waals surface area contributed by atoms with Crippen LogP contribution in [0.3, 0.4) is 0 Å². The summed E-state index contributed by atoms with van der Waals surface area (Å²) >= 11 is 0. The minimum atomic E-state index is -4.62. The van der Waals surface area contributed by atoms with Crippen molar-refractivity contribution in [1.82, 2.24) is 15.2 Å². The SMILES string of the molecule is O=C(NCC(=O)N1C[C@H](C(F)(F)F)C[C@H]1C(=O)O)c1ccc2cc(F)ccc2n1. The van der Waals surface area contributed by atoms with Gasteiger partial charge in [-0.2, -0.15) is 13.2 Å². The number of carboxylic acids is 1. The van der Waals surface area contributed by atoms with Crippen LogP contribution in [-0.2, 0) is 9.59 Å². The maximum Gasteiger partial charge on any atom is 0.393 e. The lowest BCUT2D eigenvalue weighted by molar-refractivity contribution is -0.171. The molecule has 0 bridgehead atoms. The standard InChI is InChI=1S/C18H15F4N3O4/c19-11-2-4-12-9(5-11)1-3-13(24-12)16(27)23-7-15(26)25-8-10(18(20,21)22)6-14(25)17(28)29/h1-5,10,14H,6-8H2,(H,23,27)(H,28,29)/t10-,14+/m1/s1. The van der Waals surface area contributed by atoms with Gasteiger partial charge in [-0.3, -0.25) is 9.59 Å². The molecule has 1 aliphatic heterocycles. The van der Waals surface area contributed by atoms with Crippen molar-refractivity contribution in [3.8, 4) is 0 Å². The molecule has 2 aromatic rings. The van der Waals surface area contributed by atoms with Gasteiger partial charge in [0, 0.05) is 11.9 Å². The van der Waals surface area contributed by atoms with E-state index in [9.17, 15) is 31.9 Å². The van der Waals surface area contributed by atoms with Gasteiger partial charge in [0.05, 0.1) is 18.0 Å². The Morgan fingerprint density at radius 2 is 1.93 bits per heavy atom. The maximum absolute atomic E-state index is 13.2. The van der Waals surface area contributed by atoms with Gasteiger partial charge < -0.3 is 15.3 Å². The summed E-state index contributed by atoms with van der Waals surface area (Å²) < 4.78 is 51.9. The van der Waals surface area contributed by atoms with E-state index in [0.29, 0.717) is 15.8 Å². The molecule has 2 N–H and O–H groups in total. The number of likely N-dealkylation sites (tertiary alicyclic amines) is 1. The van der Waals surface area contributed by atoms with Crippen LogP contribution in [-0.4, -0.2) is 58.1 Å². The summed E-state index contributed by atoms with van der Waals surface area (Å²) in [6.45, 7) is -1.47. The molecule has 1 aromatic heterocycles. The number of carboxylic acid groups (broad SMARTS) is 1. The van der Waals surface area contributed by atoms with Crippen molar-refractivity contribution in [3.63, 3.8) is 0 Å². The predicted molar refractivity (Wildman–Crippen MR) is 91.3 cm³/mol. The first-order chi connectivity index (χ1) is 13.6. The lowest BCUT2D eigenvalue weighted by Gasteiger charge is -2.21. The number of aliphatic carboxylic acids is 1. The third-order valence-corrected chi connectivity index (χ3v) is 4.65. The summed E-state index contributed by atoms with van der Waals surface area (Å²) in [5.41, 5.74) is 0.255. The van der Waals surface area contributed by atoms with Gasteiger partial charge in [-0.15, -0.1) is 0 Å². The Kier molecular flexibility index (Phi) is 5.40. The summed E-state index contributed by atoms with van der Waals surface area (Å²) in [7, 11) is 0. The van der Waals surface area contributed by atoms with Crippen LogP contribution in [0.2, 0.25) is 0 Å². The molecule has 1 aliphatic rings. The molecule has 0 aliphatic carbocycles. The molecule has 29 heavy (non-hydrogen) atoms. The Labute approximate surface area is 161 Å². The molecule has 0 radical (unpaired) electrons. The molecule has 3 rings (SSSR count). The molecule has 11 heteroatoms. The van der Waals surface area contributed by atoms with Crippen LogP contribution in [0.25, 0.3) is 10.9 Å². The van der Waals surface area contributed by atoms with Crippen LogP contribution in [0.4, 0.5) is 17.6 Å². The number of hydrogen-bond acceptors (Lipinski definition) is 4. The zero-order chi connectivity index (χ0) is 21.3. The number of alkyl halides is 3. The van der Waals surface area contributed by atoms with Crippen molar-refractivity contribution < 1.29 is 37.1 Å². The van der Waals surface area contributed by atoms with E-state index in [1.807, 2.05) is 0 Å². The molecular formula is C18H15F4N3O4. The van der Waals surface area contributed by atoms with E-state index in [1.165, 1.54) is 24.3 Å². The smallest absolute Gasteiger partial charge is 0.393 e. The Morgan fingerprint density at radius 1 is 1.21 bits per heavy atom. The molecule has 154 valence electrons. The monoisotopic (exact) mass is 413 g/mol. The van der Waals surface area contributed by atoms with Gasteiger partial charge in [0.1, 0.15) is 17.6 Å². The summed E-state index contributed by atoms with van der Waals surface area (Å²) in [5, 5.41) is 11.8. The highest BCUT2D eigenvalue weighted by Gasteiger charge is 2.50. The van der Waals surface area contributed by atoms with Crippen LogP contribution < -0.4 is 5.32 Å². The van der Waals surface area contributed by atoms with Crippen LogP contribution in [0.5, 0.6) is 0 Å². The Balaban J connectivity index is 1.67. The molecule has 2 amide bonds. The lowest BCUT2D eigenvalue weighted by atomic mass is 10.1. The molecule has 2 atom stereocenters. The minimum absolute atomic E-state index is 0.0821. The molecule has 1 aromatic carbocycles. The van der Waals surface area contributed by atoms with Crippen molar-refractivity contribution in [2.45, 2.75) is 18.6 Å². The van der Waals surface area contributed by atoms with E-state index in [2.05, 4.69) is 10.3 Å². The van der Waals surface area contributed by atoms with Gasteiger partial charge in [-0.05, 0) is 30.7 Å². The van der Waals surface area contributed by atoms with Crippen molar-refractivity contribution in [3.05, 3.63) is 41.8 Å². The molecule has 0 saturated carbocycles. The van der Waals surface area contributed by atoms with E-state index in [-0.39, 0.29) is 5.69 Å². The number of pyridine rings is 1. The number of nitrogens with zero attached hydrogens (tertiary/aromatic N) is 2. The highest BCUT2D eigenvalue weighted by Crippen LogP contribution is 2.36. The zero-order valence-electron chi connectivity index (χ0n) is 14.7. The quantitative estimate of drug-likeness (QED) is 0.747. The molecule has 0 spiro atoms. The summed E-state index contributed by atoms with van der Waals surface area (Å²) in [5.74, 6) is -5.67. The fourth-order valence-corrected chi connectivity index (χ4v) is 3.15. The second kappa shape index (κ2) is 7.64. The van der Waals surface area contributed by atoms with Crippen LogP contribution in [0.15, 0.2) is 30.3 Å². The maximum atomic E-state index is 13.2. The molecule has 7 nitrogen and oxygen atoms in total. The average molecular weight is 413 g/mol. The largest absolute Gasteiger partial charge is 0.480 e. The fourth-order valence-electron chi connectivity index (χ4n) is 3.15. The molecular weight excluding hydrogens is 398 g/mol. The number of halogens is 4. The lowest BCUT2D eigenvalue weighted by Crippen LogP contribution is -2.45. The van der Waals surface area contributed by atoms with Crippen molar-refractivity contribution >= 4 is 28.7 Å². The third kappa shape index (κ3) is 4.44. The number of carbonyl (C=O) groups is 3. The third-order valence-electron chi connectivity index (χ3n) is 4.65. The number of benzene rings is 1. The first-order valence-electron chi connectivity index (χ1n) is 8.50. The van der Waals surface area contributed by atoms with Crippen LogP contribution in [0.1, 0.15) is 16.9 Å². The topological polar surface area (TPSA) is 99.6 Å². The number of amides is 2. The fraction of sp³-hybridized carbons (Fsp3) is 0.333. The van der Waals surface area contributed by atoms with Crippen molar-refractivity contribution in [2.75, 3.05) is 13.1 Å².